The third kappa shape index (κ3) is 5.24. The van der Waals surface area contributed by atoms with Crippen LogP contribution in [0.3, 0.4) is 0 Å². The Labute approximate surface area is 263 Å². The Balaban J connectivity index is 1.67. The number of carbonyl (C=O) groups excluding carboxylic acids is 1. The molecule has 0 spiro atoms. The van der Waals surface area contributed by atoms with Gasteiger partial charge in [-0.2, -0.15) is 18.2 Å². The molecule has 2 aromatic heterocycles. The third-order valence-electron chi connectivity index (χ3n) is 10.4. The summed E-state index contributed by atoms with van der Waals surface area (Å²) < 4.78 is 86.6. The van der Waals surface area contributed by atoms with Crippen molar-refractivity contribution in [2.45, 2.75) is 109 Å². The number of aliphatic hydroxyl groups is 1. The fourth-order valence-corrected chi connectivity index (χ4v) is 7.53. The summed E-state index contributed by atoms with van der Waals surface area (Å²) in [7, 11) is 0. The fraction of sp³-hybridized carbons (Fsp3) is 0.576. The molecule has 1 aromatic carbocycles. The maximum Gasteiger partial charge on any atom is 0.405 e. The van der Waals surface area contributed by atoms with E-state index in [4.69, 9.17) is 15.0 Å². The molecule has 1 amide bonds. The van der Waals surface area contributed by atoms with Crippen LogP contribution in [-0.2, 0) is 27.0 Å². The van der Waals surface area contributed by atoms with Gasteiger partial charge in [0.05, 0.1) is 17.5 Å². The predicted octanol–water partition coefficient (Wildman–Crippen LogP) is 7.87. The maximum atomic E-state index is 15.4. The van der Waals surface area contributed by atoms with Gasteiger partial charge in [-0.3, -0.25) is 4.98 Å². The number of pyridine rings is 1. The van der Waals surface area contributed by atoms with Crippen molar-refractivity contribution in [3.8, 4) is 11.1 Å². The van der Waals surface area contributed by atoms with E-state index < -0.39 is 51.2 Å². The number of nitrogens with zero attached hydrogens (tertiary/aromatic N) is 3. The van der Waals surface area contributed by atoms with Gasteiger partial charge in [-0.25, -0.2) is 13.6 Å². The molecule has 0 saturated heterocycles. The first-order chi connectivity index (χ1) is 21.1. The van der Waals surface area contributed by atoms with Gasteiger partial charge in [-0.15, -0.1) is 0 Å². The summed E-state index contributed by atoms with van der Waals surface area (Å²) in [6.07, 6.45) is -4.28. The van der Waals surface area contributed by atoms with Gasteiger partial charge in [-0.05, 0) is 97.3 Å². The lowest BCUT2D eigenvalue weighted by Crippen LogP contribution is -2.66. The standard InChI is InChI=1S/C33H39F5N4O4/c1-27(2,35)25-41-24(42-46-25)30-11-14-31(15-12-30,16-13-30)32(45-26(39)43,29(5,6)33(36,37)38)23-17-21(22(34)18-40-23)19-7-9-20(10-8-19)28(3,4)44/h7-10,17-18,44H,11-16H2,1-6H3,(H2,39,43). The number of halogens is 5. The fourth-order valence-electron chi connectivity index (χ4n) is 7.53. The molecule has 3 aliphatic carbocycles. The number of fused-ring (bicyclic) bond motifs is 3. The number of primary amides is 1. The van der Waals surface area contributed by atoms with Gasteiger partial charge in [0.15, 0.2) is 17.1 Å². The van der Waals surface area contributed by atoms with Crippen molar-refractivity contribution in [2.24, 2.45) is 16.6 Å². The molecule has 1 atom stereocenters. The molecule has 3 aliphatic rings. The molecule has 3 N–H and O–H groups in total. The van der Waals surface area contributed by atoms with Crippen LogP contribution in [0.1, 0.15) is 103 Å². The highest BCUT2D eigenvalue weighted by Gasteiger charge is 2.74. The van der Waals surface area contributed by atoms with Crippen LogP contribution in [0.4, 0.5) is 26.7 Å². The smallest absolute Gasteiger partial charge is 0.405 e. The van der Waals surface area contributed by atoms with E-state index in [0.29, 0.717) is 30.4 Å². The van der Waals surface area contributed by atoms with E-state index in [1.807, 2.05) is 0 Å². The van der Waals surface area contributed by atoms with E-state index >= 15 is 17.6 Å². The topological polar surface area (TPSA) is 124 Å². The lowest BCUT2D eigenvalue weighted by molar-refractivity contribution is -0.315. The molecule has 3 saturated carbocycles. The zero-order chi connectivity index (χ0) is 34.1. The molecule has 0 radical (unpaired) electrons. The Kier molecular flexibility index (Phi) is 7.86. The molecule has 46 heavy (non-hydrogen) atoms. The van der Waals surface area contributed by atoms with Crippen LogP contribution < -0.4 is 5.73 Å². The molecule has 8 nitrogen and oxygen atoms in total. The van der Waals surface area contributed by atoms with Crippen LogP contribution in [0.15, 0.2) is 41.1 Å². The van der Waals surface area contributed by atoms with Gasteiger partial charge >= 0.3 is 12.3 Å². The maximum absolute atomic E-state index is 15.4. The molecule has 250 valence electrons. The monoisotopic (exact) mass is 650 g/mol. The number of amides is 1. The van der Waals surface area contributed by atoms with E-state index in [0.717, 1.165) is 20.0 Å². The summed E-state index contributed by atoms with van der Waals surface area (Å²) in [5, 5.41) is 14.4. The molecular weight excluding hydrogens is 611 g/mol. The van der Waals surface area contributed by atoms with Gasteiger partial charge in [0.1, 0.15) is 11.2 Å². The summed E-state index contributed by atoms with van der Waals surface area (Å²) in [6, 6.07) is 7.48. The SMILES string of the molecule is CC(C)(O)c1ccc(-c2cc(C(OC(N)=O)(C34CCC(c5noc(C(C)(C)F)n5)(CC3)CC4)C(C)(C)C(F)(F)F)ncc2F)cc1. The highest BCUT2D eigenvalue weighted by molar-refractivity contribution is 5.68. The molecule has 2 heterocycles. The van der Waals surface area contributed by atoms with Crippen LogP contribution in [0.2, 0.25) is 0 Å². The second-order valence-corrected chi connectivity index (χ2v) is 14.4. The number of hydrogen-bond acceptors (Lipinski definition) is 7. The van der Waals surface area contributed by atoms with Crippen molar-refractivity contribution < 1.29 is 41.1 Å². The van der Waals surface area contributed by atoms with E-state index in [1.54, 1.807) is 38.1 Å². The Morgan fingerprint density at radius 2 is 1.52 bits per heavy atom. The van der Waals surface area contributed by atoms with E-state index in [1.165, 1.54) is 19.9 Å². The van der Waals surface area contributed by atoms with Crippen LogP contribution in [0.25, 0.3) is 11.1 Å². The summed E-state index contributed by atoms with van der Waals surface area (Å²) in [5.74, 6) is -0.706. The molecule has 2 bridgehead atoms. The van der Waals surface area contributed by atoms with Crippen molar-refractivity contribution in [2.75, 3.05) is 0 Å². The first-order valence-corrected chi connectivity index (χ1v) is 15.2. The van der Waals surface area contributed by atoms with Gasteiger partial charge in [0, 0.05) is 16.4 Å². The van der Waals surface area contributed by atoms with E-state index in [9.17, 15) is 14.3 Å². The molecule has 1 unspecified atom stereocenters. The number of aromatic nitrogens is 3. The van der Waals surface area contributed by atoms with Crippen molar-refractivity contribution >= 4 is 6.09 Å². The number of nitrogens with two attached hydrogens (primary N) is 1. The van der Waals surface area contributed by atoms with Gasteiger partial charge < -0.3 is 20.1 Å². The number of ether oxygens (including phenoxy) is 1. The number of alkyl halides is 4. The summed E-state index contributed by atoms with van der Waals surface area (Å²) >= 11 is 0. The largest absolute Gasteiger partial charge is 0.435 e. The zero-order valence-electron chi connectivity index (χ0n) is 26.7. The highest BCUT2D eigenvalue weighted by Crippen LogP contribution is 2.70. The van der Waals surface area contributed by atoms with Gasteiger partial charge in [-0.1, -0.05) is 29.4 Å². The first kappa shape index (κ1) is 33.7. The van der Waals surface area contributed by atoms with Crippen molar-refractivity contribution in [1.29, 1.82) is 0 Å². The lowest BCUT2D eigenvalue weighted by Gasteiger charge is -2.63. The minimum absolute atomic E-state index is 0.0618. The zero-order valence-corrected chi connectivity index (χ0v) is 26.7. The van der Waals surface area contributed by atoms with Gasteiger partial charge in [0.2, 0.25) is 0 Å². The normalized spacial score (nSPS) is 23.7. The Hall–Kier alpha value is -3.61. The minimum atomic E-state index is -4.93. The molecule has 3 fully saturated rings. The summed E-state index contributed by atoms with van der Waals surface area (Å²) in [6.45, 7) is 7.63. The van der Waals surface area contributed by atoms with Crippen LogP contribution in [0.5, 0.6) is 0 Å². The highest BCUT2D eigenvalue weighted by atomic mass is 19.4. The molecule has 13 heteroatoms. The lowest BCUT2D eigenvalue weighted by atomic mass is 9.44. The average Bonchev–Trinajstić information content (AvgIpc) is 3.48. The number of hydrogen-bond donors (Lipinski definition) is 2. The summed E-state index contributed by atoms with van der Waals surface area (Å²) in [4.78, 5) is 21.2. The second-order valence-electron chi connectivity index (χ2n) is 14.4. The molecule has 3 aromatic rings. The van der Waals surface area contributed by atoms with Gasteiger partial charge in [0.25, 0.3) is 5.89 Å². The quantitative estimate of drug-likeness (QED) is 0.238. The van der Waals surface area contributed by atoms with Crippen LogP contribution in [-0.4, -0.2) is 32.5 Å². The third-order valence-corrected chi connectivity index (χ3v) is 10.4. The van der Waals surface area contributed by atoms with E-state index in [2.05, 4.69) is 15.1 Å². The number of rotatable bonds is 8. The average molecular weight is 651 g/mol. The van der Waals surface area contributed by atoms with E-state index in [-0.39, 0.29) is 42.2 Å². The Morgan fingerprint density at radius 3 is 1.98 bits per heavy atom. The molecule has 0 aliphatic heterocycles. The summed E-state index contributed by atoms with van der Waals surface area (Å²) in [5.41, 5.74) is -4.22. The molecular formula is C33H39F5N4O4. The Bertz CT molecular complexity index is 1600. The predicted molar refractivity (Wildman–Crippen MR) is 157 cm³/mol. The van der Waals surface area contributed by atoms with Crippen LogP contribution in [0, 0.1) is 16.6 Å². The first-order valence-electron chi connectivity index (χ1n) is 15.2. The molecule has 6 rings (SSSR count). The number of carbonyl (C=O) groups is 1. The van der Waals surface area contributed by atoms with Crippen molar-refractivity contribution in [1.82, 2.24) is 15.1 Å². The number of benzene rings is 1. The van der Waals surface area contributed by atoms with Crippen molar-refractivity contribution in [3.05, 3.63) is 65.3 Å². The Morgan fingerprint density at radius 1 is 0.957 bits per heavy atom. The van der Waals surface area contributed by atoms with Crippen LogP contribution >= 0.6 is 0 Å². The minimum Gasteiger partial charge on any atom is -0.435 e. The second kappa shape index (κ2) is 10.7. The van der Waals surface area contributed by atoms with Crippen molar-refractivity contribution in [3.63, 3.8) is 0 Å².